The predicted octanol–water partition coefficient (Wildman–Crippen LogP) is 4.49. The molecular weight excluding hydrogens is 144 g/mol. The molecule has 0 amide bonds. The molecule has 0 nitrogen and oxygen atoms in total. The van der Waals surface area contributed by atoms with Gasteiger partial charge in [-0.25, -0.2) is 0 Å². The third kappa shape index (κ3) is 4.79. The summed E-state index contributed by atoms with van der Waals surface area (Å²) in [5, 5.41) is 0. The molecule has 0 aromatic heterocycles. The topological polar surface area (TPSA) is 0 Å². The lowest BCUT2D eigenvalue weighted by Gasteiger charge is -2.28. The quantitative estimate of drug-likeness (QED) is 0.583. The average molecular weight is 170 g/mol. The van der Waals surface area contributed by atoms with E-state index in [9.17, 15) is 0 Å². The first kappa shape index (κ1) is 12.0. The first-order chi connectivity index (χ1) is 5.38. The molecule has 0 fully saturated rings. The Hall–Kier alpha value is 0. The zero-order chi connectivity index (χ0) is 9.78. The molecule has 0 aromatic carbocycles. The first-order valence-corrected chi connectivity index (χ1v) is 5.38. The van der Waals surface area contributed by atoms with Crippen LogP contribution in [0, 0.1) is 17.3 Å². The second-order valence-electron chi connectivity index (χ2n) is 5.36. The van der Waals surface area contributed by atoms with Gasteiger partial charge in [0.25, 0.3) is 0 Å². The fourth-order valence-corrected chi connectivity index (χ4v) is 1.17. The van der Waals surface area contributed by atoms with Crippen molar-refractivity contribution in [2.24, 2.45) is 17.3 Å². The van der Waals surface area contributed by atoms with Gasteiger partial charge in [0.1, 0.15) is 0 Å². The standard InChI is InChI=1S/C12H26/c1-7-10(2)8-9-11(3)12(4,5)6/h10-11H,7-9H2,1-6H3/t10?,11-/m1/s1. The Bertz CT molecular complexity index is 108. The Kier molecular flexibility index (Phi) is 4.89. The highest BCUT2D eigenvalue weighted by atomic mass is 14.2. The van der Waals surface area contributed by atoms with E-state index >= 15 is 0 Å². The summed E-state index contributed by atoms with van der Waals surface area (Å²) in [5.41, 5.74) is 0.494. The van der Waals surface area contributed by atoms with Gasteiger partial charge in [0, 0.05) is 0 Å². The lowest BCUT2D eigenvalue weighted by atomic mass is 9.78. The molecule has 0 saturated heterocycles. The number of hydrogen-bond donors (Lipinski definition) is 0. The van der Waals surface area contributed by atoms with Crippen LogP contribution in [0.1, 0.15) is 60.8 Å². The smallest absolute Gasteiger partial charge is 0.0357 e. The van der Waals surface area contributed by atoms with Crippen LogP contribution in [-0.4, -0.2) is 0 Å². The monoisotopic (exact) mass is 170 g/mol. The fourth-order valence-electron chi connectivity index (χ4n) is 1.17. The molecule has 0 rings (SSSR count). The zero-order valence-electron chi connectivity index (χ0n) is 9.78. The van der Waals surface area contributed by atoms with Crippen molar-refractivity contribution in [3.63, 3.8) is 0 Å². The van der Waals surface area contributed by atoms with Gasteiger partial charge in [0.05, 0.1) is 0 Å². The highest BCUT2D eigenvalue weighted by molar-refractivity contribution is 4.70. The van der Waals surface area contributed by atoms with Crippen molar-refractivity contribution in [3.8, 4) is 0 Å². The maximum Gasteiger partial charge on any atom is -0.0357 e. The average Bonchev–Trinajstić information content (AvgIpc) is 1.97. The molecule has 0 heterocycles. The Morgan fingerprint density at radius 2 is 1.50 bits per heavy atom. The SMILES string of the molecule is CCC(C)CC[C@@H](C)C(C)(C)C. The largest absolute Gasteiger partial charge is 0.0651 e. The van der Waals surface area contributed by atoms with E-state index in [1.54, 1.807) is 0 Å². The van der Waals surface area contributed by atoms with E-state index in [0.717, 1.165) is 11.8 Å². The lowest BCUT2D eigenvalue weighted by Crippen LogP contribution is -2.17. The predicted molar refractivity (Wildman–Crippen MR) is 57.3 cm³/mol. The van der Waals surface area contributed by atoms with E-state index in [0.29, 0.717) is 5.41 Å². The molecule has 0 bridgehead atoms. The molecule has 2 atom stereocenters. The Labute approximate surface area is 78.8 Å². The van der Waals surface area contributed by atoms with E-state index in [1.807, 2.05) is 0 Å². The van der Waals surface area contributed by atoms with E-state index < -0.39 is 0 Å². The van der Waals surface area contributed by atoms with Crippen LogP contribution in [-0.2, 0) is 0 Å². The minimum absolute atomic E-state index is 0.494. The molecule has 12 heavy (non-hydrogen) atoms. The van der Waals surface area contributed by atoms with Gasteiger partial charge in [-0.2, -0.15) is 0 Å². The molecule has 1 unspecified atom stereocenters. The zero-order valence-corrected chi connectivity index (χ0v) is 9.78. The summed E-state index contributed by atoms with van der Waals surface area (Å²) < 4.78 is 0. The van der Waals surface area contributed by atoms with Gasteiger partial charge >= 0.3 is 0 Å². The third-order valence-corrected chi connectivity index (χ3v) is 3.27. The van der Waals surface area contributed by atoms with Crippen molar-refractivity contribution in [3.05, 3.63) is 0 Å². The fraction of sp³-hybridized carbons (Fsp3) is 1.00. The second-order valence-corrected chi connectivity index (χ2v) is 5.36. The number of hydrogen-bond acceptors (Lipinski definition) is 0. The van der Waals surface area contributed by atoms with Gasteiger partial charge in [0.2, 0.25) is 0 Å². The van der Waals surface area contributed by atoms with Crippen LogP contribution >= 0.6 is 0 Å². The maximum absolute atomic E-state index is 2.38. The van der Waals surface area contributed by atoms with E-state index in [1.165, 1.54) is 19.3 Å². The summed E-state index contributed by atoms with van der Waals surface area (Å²) >= 11 is 0. The van der Waals surface area contributed by atoms with Gasteiger partial charge in [-0.15, -0.1) is 0 Å². The van der Waals surface area contributed by atoms with Gasteiger partial charge in [-0.1, -0.05) is 54.4 Å². The van der Waals surface area contributed by atoms with Crippen molar-refractivity contribution in [2.75, 3.05) is 0 Å². The Morgan fingerprint density at radius 3 is 1.83 bits per heavy atom. The second kappa shape index (κ2) is 4.89. The van der Waals surface area contributed by atoms with Gasteiger partial charge in [-0.05, 0) is 23.7 Å². The summed E-state index contributed by atoms with van der Waals surface area (Å²) in [5.74, 6) is 1.77. The third-order valence-electron chi connectivity index (χ3n) is 3.27. The van der Waals surface area contributed by atoms with Crippen molar-refractivity contribution < 1.29 is 0 Å². The molecule has 0 aromatic rings. The Balaban J connectivity index is 3.64. The van der Waals surface area contributed by atoms with Crippen LogP contribution in [0.2, 0.25) is 0 Å². The molecule has 0 aliphatic carbocycles. The summed E-state index contributed by atoms with van der Waals surface area (Å²) in [6, 6.07) is 0. The molecule has 0 aliphatic heterocycles. The van der Waals surface area contributed by atoms with Crippen LogP contribution in [0.5, 0.6) is 0 Å². The normalized spacial score (nSPS) is 17.5. The van der Waals surface area contributed by atoms with Gasteiger partial charge in [-0.3, -0.25) is 0 Å². The summed E-state index contributed by atoms with van der Waals surface area (Å²) in [6.07, 6.45) is 4.12. The summed E-state index contributed by atoms with van der Waals surface area (Å²) in [4.78, 5) is 0. The van der Waals surface area contributed by atoms with Crippen LogP contribution in [0.15, 0.2) is 0 Å². The summed E-state index contributed by atoms with van der Waals surface area (Å²) in [6.45, 7) is 14.0. The highest BCUT2D eigenvalue weighted by Crippen LogP contribution is 2.30. The lowest BCUT2D eigenvalue weighted by molar-refractivity contribution is 0.231. The molecule has 0 spiro atoms. The van der Waals surface area contributed by atoms with Crippen LogP contribution in [0.25, 0.3) is 0 Å². The first-order valence-electron chi connectivity index (χ1n) is 5.38. The minimum atomic E-state index is 0.494. The molecule has 0 radical (unpaired) electrons. The Morgan fingerprint density at radius 1 is 1.00 bits per heavy atom. The molecular formula is C12H26. The minimum Gasteiger partial charge on any atom is -0.0651 e. The van der Waals surface area contributed by atoms with E-state index in [4.69, 9.17) is 0 Å². The number of rotatable bonds is 4. The summed E-state index contributed by atoms with van der Waals surface area (Å²) in [7, 11) is 0. The van der Waals surface area contributed by atoms with E-state index in [-0.39, 0.29) is 0 Å². The molecule has 0 heteroatoms. The van der Waals surface area contributed by atoms with Crippen LogP contribution in [0.3, 0.4) is 0 Å². The van der Waals surface area contributed by atoms with Crippen molar-refractivity contribution >= 4 is 0 Å². The van der Waals surface area contributed by atoms with Gasteiger partial charge in [0.15, 0.2) is 0 Å². The molecule has 0 N–H and O–H groups in total. The van der Waals surface area contributed by atoms with E-state index in [2.05, 4.69) is 41.5 Å². The van der Waals surface area contributed by atoms with Crippen molar-refractivity contribution in [2.45, 2.75) is 60.8 Å². The van der Waals surface area contributed by atoms with Crippen molar-refractivity contribution in [1.82, 2.24) is 0 Å². The molecule has 0 saturated carbocycles. The molecule has 0 aliphatic rings. The highest BCUT2D eigenvalue weighted by Gasteiger charge is 2.19. The van der Waals surface area contributed by atoms with Crippen molar-refractivity contribution in [1.29, 1.82) is 0 Å². The maximum atomic E-state index is 2.38. The van der Waals surface area contributed by atoms with Crippen LogP contribution in [0.4, 0.5) is 0 Å². The molecule has 74 valence electrons. The van der Waals surface area contributed by atoms with Gasteiger partial charge < -0.3 is 0 Å². The van der Waals surface area contributed by atoms with Crippen LogP contribution < -0.4 is 0 Å².